The largest absolute Gasteiger partial charge is 0.366 e. The summed E-state index contributed by atoms with van der Waals surface area (Å²) in [5, 5.41) is 2.11. The Bertz CT molecular complexity index is 928. The standard InChI is InChI=1S/C20H16FNO/c21-15-7-9-18(20(22)23)19(11-15)17-3-1-2-14-10-13(12-4-5-12)6-8-16(14)17/h1-3,6-12H,4-5H2,(H2,22,23). The highest BCUT2D eigenvalue weighted by atomic mass is 19.1. The third kappa shape index (κ3) is 2.48. The number of halogens is 1. The Balaban J connectivity index is 1.95. The van der Waals surface area contributed by atoms with E-state index < -0.39 is 5.91 Å². The molecule has 1 aliphatic carbocycles. The highest BCUT2D eigenvalue weighted by Gasteiger charge is 2.23. The maximum absolute atomic E-state index is 13.7. The van der Waals surface area contributed by atoms with Gasteiger partial charge < -0.3 is 5.73 Å². The first-order chi connectivity index (χ1) is 11.1. The van der Waals surface area contributed by atoms with Crippen LogP contribution in [0.25, 0.3) is 21.9 Å². The quantitative estimate of drug-likeness (QED) is 0.753. The van der Waals surface area contributed by atoms with Gasteiger partial charge in [0.15, 0.2) is 0 Å². The van der Waals surface area contributed by atoms with Crippen molar-refractivity contribution in [3.63, 3.8) is 0 Å². The maximum Gasteiger partial charge on any atom is 0.249 e. The number of fused-ring (bicyclic) bond motifs is 1. The summed E-state index contributed by atoms with van der Waals surface area (Å²) in [4.78, 5) is 11.7. The summed E-state index contributed by atoms with van der Waals surface area (Å²) in [6, 6.07) is 16.4. The molecule has 2 nitrogen and oxygen atoms in total. The van der Waals surface area contributed by atoms with Crippen LogP contribution in [0.3, 0.4) is 0 Å². The summed E-state index contributed by atoms with van der Waals surface area (Å²) in [6.07, 6.45) is 2.50. The van der Waals surface area contributed by atoms with Crippen LogP contribution in [0.5, 0.6) is 0 Å². The lowest BCUT2D eigenvalue weighted by Crippen LogP contribution is -2.12. The van der Waals surface area contributed by atoms with E-state index in [4.69, 9.17) is 5.73 Å². The van der Waals surface area contributed by atoms with Gasteiger partial charge in [0.05, 0.1) is 0 Å². The minimum atomic E-state index is -0.549. The van der Waals surface area contributed by atoms with Crippen molar-refractivity contribution in [1.29, 1.82) is 0 Å². The number of benzene rings is 3. The number of carbonyl (C=O) groups excluding carboxylic acids is 1. The predicted molar refractivity (Wildman–Crippen MR) is 89.8 cm³/mol. The number of nitrogens with two attached hydrogens (primary N) is 1. The van der Waals surface area contributed by atoms with Gasteiger partial charge in [0, 0.05) is 5.56 Å². The van der Waals surface area contributed by atoms with Crippen molar-refractivity contribution < 1.29 is 9.18 Å². The molecule has 0 spiro atoms. The van der Waals surface area contributed by atoms with E-state index in [2.05, 4.69) is 18.2 Å². The SMILES string of the molecule is NC(=O)c1ccc(F)cc1-c1cccc2cc(C3CC3)ccc12. The number of rotatable bonds is 3. The fraction of sp³-hybridized carbons (Fsp3) is 0.150. The number of hydrogen-bond donors (Lipinski definition) is 1. The Morgan fingerprint density at radius 1 is 1.00 bits per heavy atom. The van der Waals surface area contributed by atoms with Gasteiger partial charge in [-0.05, 0) is 64.4 Å². The van der Waals surface area contributed by atoms with Crippen LogP contribution in [-0.2, 0) is 0 Å². The average Bonchev–Trinajstić information content (AvgIpc) is 3.38. The Morgan fingerprint density at radius 3 is 2.57 bits per heavy atom. The van der Waals surface area contributed by atoms with Crippen molar-refractivity contribution in [2.45, 2.75) is 18.8 Å². The lowest BCUT2D eigenvalue weighted by atomic mass is 9.93. The van der Waals surface area contributed by atoms with E-state index in [1.54, 1.807) is 0 Å². The van der Waals surface area contributed by atoms with Crippen LogP contribution < -0.4 is 5.73 Å². The Kier molecular flexibility index (Phi) is 3.15. The Morgan fingerprint density at radius 2 is 1.83 bits per heavy atom. The highest BCUT2D eigenvalue weighted by molar-refractivity contribution is 6.05. The van der Waals surface area contributed by atoms with Gasteiger partial charge in [-0.25, -0.2) is 4.39 Å². The second-order valence-electron chi connectivity index (χ2n) is 6.11. The zero-order chi connectivity index (χ0) is 16.0. The van der Waals surface area contributed by atoms with Crippen molar-refractivity contribution in [2.75, 3.05) is 0 Å². The summed E-state index contributed by atoms with van der Waals surface area (Å²) in [5.74, 6) is -0.249. The number of amides is 1. The summed E-state index contributed by atoms with van der Waals surface area (Å²) in [6.45, 7) is 0. The Hall–Kier alpha value is -2.68. The molecule has 1 saturated carbocycles. The third-order valence-corrected chi connectivity index (χ3v) is 4.49. The monoisotopic (exact) mass is 305 g/mol. The molecule has 0 atom stereocenters. The van der Waals surface area contributed by atoms with Gasteiger partial charge in [-0.1, -0.05) is 36.4 Å². The van der Waals surface area contributed by atoms with E-state index >= 15 is 0 Å². The molecule has 2 N–H and O–H groups in total. The van der Waals surface area contributed by atoms with Gasteiger partial charge in [0.1, 0.15) is 5.82 Å². The van der Waals surface area contributed by atoms with Gasteiger partial charge in [0.2, 0.25) is 5.91 Å². The molecule has 1 amide bonds. The fourth-order valence-electron chi connectivity index (χ4n) is 3.16. The molecule has 23 heavy (non-hydrogen) atoms. The van der Waals surface area contributed by atoms with Crippen LogP contribution in [0.1, 0.15) is 34.7 Å². The molecule has 0 bridgehead atoms. The zero-order valence-corrected chi connectivity index (χ0v) is 12.6. The molecule has 3 aromatic rings. The van der Waals surface area contributed by atoms with Gasteiger partial charge in [-0.15, -0.1) is 0 Å². The molecule has 0 aromatic heterocycles. The minimum Gasteiger partial charge on any atom is -0.366 e. The van der Waals surface area contributed by atoms with E-state index in [9.17, 15) is 9.18 Å². The topological polar surface area (TPSA) is 43.1 Å². The van der Waals surface area contributed by atoms with E-state index in [1.165, 1.54) is 36.6 Å². The molecule has 4 rings (SSSR count). The first-order valence-corrected chi connectivity index (χ1v) is 7.76. The van der Waals surface area contributed by atoms with Crippen LogP contribution in [0.4, 0.5) is 4.39 Å². The first kappa shape index (κ1) is 13.9. The van der Waals surface area contributed by atoms with Crippen molar-refractivity contribution in [2.24, 2.45) is 5.73 Å². The third-order valence-electron chi connectivity index (χ3n) is 4.49. The molecule has 0 saturated heterocycles. The van der Waals surface area contributed by atoms with Gasteiger partial charge in [0.25, 0.3) is 0 Å². The first-order valence-electron chi connectivity index (χ1n) is 7.76. The summed E-state index contributed by atoms with van der Waals surface area (Å²) in [7, 11) is 0. The highest BCUT2D eigenvalue weighted by Crippen LogP contribution is 2.42. The molecule has 0 aliphatic heterocycles. The minimum absolute atomic E-state index is 0.338. The van der Waals surface area contributed by atoms with Crippen molar-refractivity contribution in [3.8, 4) is 11.1 Å². The molecule has 0 heterocycles. The summed E-state index contributed by atoms with van der Waals surface area (Å²) < 4.78 is 13.7. The molecule has 0 unspecified atom stereocenters. The predicted octanol–water partition coefficient (Wildman–Crippen LogP) is 4.62. The molecule has 114 valence electrons. The molecule has 3 heteroatoms. The van der Waals surface area contributed by atoms with Crippen LogP contribution in [0, 0.1) is 5.82 Å². The summed E-state index contributed by atoms with van der Waals surface area (Å²) >= 11 is 0. The summed E-state index contributed by atoms with van der Waals surface area (Å²) in [5.41, 5.74) is 8.52. The van der Waals surface area contributed by atoms with Gasteiger partial charge >= 0.3 is 0 Å². The van der Waals surface area contributed by atoms with E-state index in [-0.39, 0.29) is 5.82 Å². The zero-order valence-electron chi connectivity index (χ0n) is 12.6. The number of primary amides is 1. The second kappa shape index (κ2) is 5.20. The van der Waals surface area contributed by atoms with E-state index in [1.807, 2.05) is 18.2 Å². The van der Waals surface area contributed by atoms with Gasteiger partial charge in [-0.2, -0.15) is 0 Å². The fourth-order valence-corrected chi connectivity index (χ4v) is 3.16. The van der Waals surface area contributed by atoms with Crippen LogP contribution in [0.15, 0.2) is 54.6 Å². The smallest absolute Gasteiger partial charge is 0.249 e. The normalized spacial score (nSPS) is 14.1. The van der Waals surface area contributed by atoms with Gasteiger partial charge in [-0.3, -0.25) is 4.79 Å². The van der Waals surface area contributed by atoms with Crippen molar-refractivity contribution in [1.82, 2.24) is 0 Å². The van der Waals surface area contributed by atoms with Crippen molar-refractivity contribution >= 4 is 16.7 Å². The molecule has 1 aliphatic rings. The lowest BCUT2D eigenvalue weighted by molar-refractivity contribution is 0.100. The van der Waals surface area contributed by atoms with E-state index in [0.29, 0.717) is 17.0 Å². The number of carbonyl (C=O) groups is 1. The molecule has 0 radical (unpaired) electrons. The van der Waals surface area contributed by atoms with Crippen LogP contribution >= 0.6 is 0 Å². The molecule has 1 fully saturated rings. The van der Waals surface area contributed by atoms with Crippen molar-refractivity contribution in [3.05, 3.63) is 71.5 Å². The number of hydrogen-bond acceptors (Lipinski definition) is 1. The Labute approximate surface area is 133 Å². The van der Waals surface area contributed by atoms with E-state index in [0.717, 1.165) is 16.3 Å². The van der Waals surface area contributed by atoms with Crippen LogP contribution in [-0.4, -0.2) is 5.91 Å². The molecular formula is C20H16FNO. The second-order valence-corrected chi connectivity index (χ2v) is 6.11. The molecular weight excluding hydrogens is 289 g/mol. The lowest BCUT2D eigenvalue weighted by Gasteiger charge is -2.11. The van der Waals surface area contributed by atoms with Crippen LogP contribution in [0.2, 0.25) is 0 Å². The maximum atomic E-state index is 13.7. The molecule has 3 aromatic carbocycles. The average molecular weight is 305 g/mol.